The molecule has 0 N–H and O–H groups in total. The Bertz CT molecular complexity index is 1040. The minimum absolute atomic E-state index is 0.0212. The highest BCUT2D eigenvalue weighted by Crippen LogP contribution is 2.62. The summed E-state index contributed by atoms with van der Waals surface area (Å²) in [7, 11) is -4.00. The van der Waals surface area contributed by atoms with Gasteiger partial charge in [-0.1, -0.05) is 41.9 Å². The van der Waals surface area contributed by atoms with Crippen LogP contribution in [0.4, 0.5) is 0 Å². The van der Waals surface area contributed by atoms with Gasteiger partial charge in [0.25, 0.3) is 0 Å². The molecular formula is C18H14ClNO5S. The van der Waals surface area contributed by atoms with E-state index in [0.717, 1.165) is 4.31 Å². The number of rotatable bonds is 4. The zero-order chi connectivity index (χ0) is 18.7. The molecule has 134 valence electrons. The molecule has 1 saturated heterocycles. The molecule has 3 atom stereocenters. The number of hydrogen-bond acceptors (Lipinski definition) is 5. The molecule has 1 fully saturated rings. The summed E-state index contributed by atoms with van der Waals surface area (Å²) in [6, 6.07) is 11.3. The maximum Gasteiger partial charge on any atom is 0.334 e. The van der Waals surface area contributed by atoms with E-state index >= 15 is 0 Å². The fourth-order valence-corrected chi connectivity index (χ4v) is 5.85. The number of ether oxygens (including phenoxy) is 1. The number of fused-ring (bicyclic) bond motifs is 3. The molecule has 2 aliphatic rings. The van der Waals surface area contributed by atoms with Gasteiger partial charge in [0.2, 0.25) is 10.0 Å². The third kappa shape index (κ3) is 2.05. The van der Waals surface area contributed by atoms with E-state index in [9.17, 15) is 18.0 Å². The fraction of sp³-hybridized carbons (Fsp3) is 0.222. The number of nitrogens with zero attached hydrogens (tertiary/aromatic N) is 1. The minimum atomic E-state index is -4.00. The van der Waals surface area contributed by atoms with E-state index in [-0.39, 0.29) is 22.1 Å². The molecule has 2 heterocycles. The lowest BCUT2D eigenvalue weighted by Gasteiger charge is -2.13. The molecule has 6 nitrogen and oxygen atoms in total. The lowest BCUT2D eigenvalue weighted by molar-refractivity contribution is -0.147. The number of sulfonamides is 1. The summed E-state index contributed by atoms with van der Waals surface area (Å²) in [6.45, 7) is 1.69. The monoisotopic (exact) mass is 391 g/mol. The quantitative estimate of drug-likeness (QED) is 0.454. The second-order valence-corrected chi connectivity index (χ2v) is 8.28. The molecule has 26 heavy (non-hydrogen) atoms. The normalized spacial score (nSPS) is 27.3. The van der Waals surface area contributed by atoms with E-state index in [2.05, 4.69) is 0 Å². The van der Waals surface area contributed by atoms with Gasteiger partial charge >= 0.3 is 5.97 Å². The molecule has 0 aliphatic carbocycles. The van der Waals surface area contributed by atoms with Crippen molar-refractivity contribution in [1.82, 2.24) is 4.31 Å². The summed E-state index contributed by atoms with van der Waals surface area (Å²) in [6.07, 6.45) is 0. The predicted octanol–water partition coefficient (Wildman–Crippen LogP) is 2.37. The summed E-state index contributed by atoms with van der Waals surface area (Å²) in [5, 5.41) is 0.280. The molecule has 0 amide bonds. The van der Waals surface area contributed by atoms with Crippen molar-refractivity contribution in [2.45, 2.75) is 23.4 Å². The van der Waals surface area contributed by atoms with Crippen LogP contribution in [0.1, 0.15) is 22.8 Å². The number of Topliss-reactive ketones (excluding diaryl/α,β-unsaturated/α-hetero) is 1. The first-order chi connectivity index (χ1) is 12.4. The van der Waals surface area contributed by atoms with Crippen LogP contribution in [0.15, 0.2) is 53.4 Å². The number of carbonyl (C=O) groups is 2. The average molecular weight is 392 g/mol. The second-order valence-electron chi connectivity index (χ2n) is 6.06. The lowest BCUT2D eigenvalue weighted by atomic mass is 9.91. The van der Waals surface area contributed by atoms with Gasteiger partial charge in [0.15, 0.2) is 11.3 Å². The molecule has 4 rings (SSSR count). The fourth-order valence-electron chi connectivity index (χ4n) is 3.60. The number of carbonyl (C=O) groups excluding carboxylic acids is 2. The van der Waals surface area contributed by atoms with E-state index in [1.165, 1.54) is 18.2 Å². The molecule has 2 aliphatic heterocycles. The highest BCUT2D eigenvalue weighted by atomic mass is 35.5. The lowest BCUT2D eigenvalue weighted by Crippen LogP contribution is -2.30. The Hall–Kier alpha value is -2.22. The van der Waals surface area contributed by atoms with E-state index in [0.29, 0.717) is 5.56 Å². The van der Waals surface area contributed by atoms with E-state index in [1.54, 1.807) is 37.3 Å². The molecule has 0 bridgehead atoms. The third-order valence-corrected chi connectivity index (χ3v) is 6.86. The summed E-state index contributed by atoms with van der Waals surface area (Å²) in [5.74, 6) is -1.22. The van der Waals surface area contributed by atoms with Crippen molar-refractivity contribution in [3.8, 4) is 0 Å². The predicted molar refractivity (Wildman–Crippen MR) is 93.3 cm³/mol. The van der Waals surface area contributed by atoms with Crippen molar-refractivity contribution in [3.05, 3.63) is 64.7 Å². The zero-order valence-electron chi connectivity index (χ0n) is 13.7. The molecule has 2 aromatic rings. The largest absolute Gasteiger partial charge is 0.464 e. The van der Waals surface area contributed by atoms with Gasteiger partial charge in [-0.25, -0.2) is 13.2 Å². The van der Waals surface area contributed by atoms with Crippen molar-refractivity contribution in [2.75, 3.05) is 6.61 Å². The third-order valence-electron chi connectivity index (χ3n) is 4.69. The van der Waals surface area contributed by atoms with Crippen molar-refractivity contribution in [3.63, 3.8) is 0 Å². The van der Waals surface area contributed by atoms with Crippen LogP contribution in [0, 0.1) is 0 Å². The topological polar surface area (TPSA) is 80.5 Å². The van der Waals surface area contributed by atoms with Crippen LogP contribution in [0.25, 0.3) is 0 Å². The average Bonchev–Trinajstić information content (AvgIpc) is 3.29. The van der Waals surface area contributed by atoms with Gasteiger partial charge in [0.05, 0.1) is 11.5 Å². The SMILES string of the molecule is CCOC(=O)[C@@]12c3cc(Cl)ccc3S(=O)(=O)N1[C@H]2C(=O)c1ccccc1. The van der Waals surface area contributed by atoms with Gasteiger partial charge in [-0.2, -0.15) is 4.31 Å². The first-order valence-corrected chi connectivity index (χ1v) is 9.79. The number of esters is 1. The Morgan fingerprint density at radius 1 is 1.19 bits per heavy atom. The van der Waals surface area contributed by atoms with Crippen molar-refractivity contribution >= 4 is 33.4 Å². The molecule has 1 unspecified atom stereocenters. The molecule has 0 spiro atoms. The van der Waals surface area contributed by atoms with Crippen LogP contribution in [0.2, 0.25) is 5.02 Å². The molecular weight excluding hydrogens is 378 g/mol. The summed E-state index contributed by atoms with van der Waals surface area (Å²) >= 11 is 6.04. The minimum Gasteiger partial charge on any atom is -0.464 e. The van der Waals surface area contributed by atoms with Crippen molar-refractivity contribution in [2.24, 2.45) is 0 Å². The maximum atomic E-state index is 13.0. The van der Waals surface area contributed by atoms with Crippen molar-refractivity contribution in [1.29, 1.82) is 0 Å². The van der Waals surface area contributed by atoms with Gasteiger partial charge in [0.1, 0.15) is 6.04 Å². The second kappa shape index (κ2) is 5.64. The number of ketones is 1. The summed E-state index contributed by atoms with van der Waals surface area (Å²) in [5.41, 5.74) is -1.16. The Balaban J connectivity index is 1.91. The number of hydrogen-bond donors (Lipinski definition) is 0. The van der Waals surface area contributed by atoms with Gasteiger partial charge < -0.3 is 4.74 Å². The van der Waals surface area contributed by atoms with Crippen molar-refractivity contribution < 1.29 is 22.7 Å². The number of halogens is 1. The Morgan fingerprint density at radius 3 is 2.54 bits per heavy atom. The molecule has 0 radical (unpaired) electrons. The number of benzene rings is 2. The van der Waals surface area contributed by atoms with E-state index in [4.69, 9.17) is 16.3 Å². The van der Waals surface area contributed by atoms with Gasteiger partial charge in [-0.3, -0.25) is 4.79 Å². The maximum absolute atomic E-state index is 13.0. The summed E-state index contributed by atoms with van der Waals surface area (Å²) in [4.78, 5) is 25.7. The van der Waals surface area contributed by atoms with Crippen LogP contribution in [-0.4, -0.2) is 37.1 Å². The molecule has 8 heteroatoms. The van der Waals surface area contributed by atoms with Gasteiger partial charge in [0, 0.05) is 16.1 Å². The van der Waals surface area contributed by atoms with Crippen LogP contribution in [0.5, 0.6) is 0 Å². The molecule has 0 aromatic heterocycles. The Morgan fingerprint density at radius 2 is 1.88 bits per heavy atom. The smallest absolute Gasteiger partial charge is 0.334 e. The van der Waals surface area contributed by atoms with E-state index < -0.39 is 33.4 Å². The van der Waals surface area contributed by atoms with Crippen LogP contribution in [-0.2, 0) is 25.1 Å². The zero-order valence-corrected chi connectivity index (χ0v) is 15.3. The van der Waals surface area contributed by atoms with Gasteiger partial charge in [-0.15, -0.1) is 0 Å². The molecule has 2 aromatic carbocycles. The first-order valence-electron chi connectivity index (χ1n) is 7.98. The Kier molecular flexibility index (Phi) is 3.73. The first kappa shape index (κ1) is 17.2. The standard InChI is InChI=1S/C18H14ClNO5S/c1-2-25-17(22)18-13-10-12(19)8-9-14(13)26(23,24)20(18)16(18)15(21)11-6-4-3-5-7-11/h3-10,16H,2H2,1H3/t16-,18-,20?/m0/s1. The molecule has 0 saturated carbocycles. The van der Waals surface area contributed by atoms with Gasteiger partial charge in [-0.05, 0) is 25.1 Å². The van der Waals surface area contributed by atoms with Crippen LogP contribution >= 0.6 is 11.6 Å². The highest BCUT2D eigenvalue weighted by Gasteiger charge is 2.82. The summed E-state index contributed by atoms with van der Waals surface area (Å²) < 4.78 is 31.9. The Labute approximate surface area is 155 Å². The highest BCUT2D eigenvalue weighted by molar-refractivity contribution is 7.90. The van der Waals surface area contributed by atoms with Crippen LogP contribution < -0.4 is 0 Å². The van der Waals surface area contributed by atoms with Crippen LogP contribution in [0.3, 0.4) is 0 Å². The van der Waals surface area contributed by atoms with E-state index in [1.807, 2.05) is 0 Å².